The van der Waals surface area contributed by atoms with E-state index in [1.165, 1.54) is 4.31 Å². The maximum atomic E-state index is 13.1. The van der Waals surface area contributed by atoms with Crippen molar-refractivity contribution in [1.82, 2.24) is 0 Å². The van der Waals surface area contributed by atoms with Gasteiger partial charge in [0.1, 0.15) is 11.8 Å². The van der Waals surface area contributed by atoms with Gasteiger partial charge in [0.25, 0.3) is 0 Å². The Kier molecular flexibility index (Phi) is 7.07. The van der Waals surface area contributed by atoms with Crippen molar-refractivity contribution < 1.29 is 17.9 Å². The lowest BCUT2D eigenvalue weighted by atomic mass is 10.0. The predicted octanol–water partition coefficient (Wildman–Crippen LogP) is 3.75. The summed E-state index contributed by atoms with van der Waals surface area (Å²) in [6.45, 7) is 5.74. The van der Waals surface area contributed by atoms with Crippen LogP contribution in [0.2, 0.25) is 0 Å². The van der Waals surface area contributed by atoms with E-state index >= 15 is 0 Å². The highest BCUT2D eigenvalue weighted by Crippen LogP contribution is 2.27. The number of carbonyl (C=O) groups excluding carboxylic acids is 1. The molecule has 0 radical (unpaired) electrons. The molecule has 28 heavy (non-hydrogen) atoms. The molecule has 0 aliphatic rings. The third-order valence-electron chi connectivity index (χ3n) is 4.64. The van der Waals surface area contributed by atoms with Crippen molar-refractivity contribution in [3.8, 4) is 5.75 Å². The Labute approximate surface area is 167 Å². The summed E-state index contributed by atoms with van der Waals surface area (Å²) in [7, 11) is -2.14. The number of sulfonamides is 1. The summed E-state index contributed by atoms with van der Waals surface area (Å²) < 4.78 is 31.4. The fourth-order valence-corrected chi connectivity index (χ4v) is 4.41. The van der Waals surface area contributed by atoms with Gasteiger partial charge in [-0.3, -0.25) is 9.10 Å². The number of ether oxygens (including phenoxy) is 1. The van der Waals surface area contributed by atoms with E-state index in [9.17, 15) is 13.2 Å². The van der Waals surface area contributed by atoms with Crippen LogP contribution in [0.3, 0.4) is 0 Å². The molecule has 1 N–H and O–H groups in total. The van der Waals surface area contributed by atoms with Gasteiger partial charge in [0.05, 0.1) is 19.1 Å². The largest absolute Gasteiger partial charge is 0.497 e. The first-order valence-corrected chi connectivity index (χ1v) is 11.1. The zero-order valence-corrected chi connectivity index (χ0v) is 17.8. The van der Waals surface area contributed by atoms with Crippen molar-refractivity contribution in [3.63, 3.8) is 0 Å². The minimum absolute atomic E-state index is 0.332. The molecule has 1 atom stereocenters. The molecular formula is C21H28N2O4S. The van der Waals surface area contributed by atoms with Gasteiger partial charge >= 0.3 is 0 Å². The fourth-order valence-electron chi connectivity index (χ4n) is 3.20. The van der Waals surface area contributed by atoms with Crippen LogP contribution in [-0.2, 0) is 21.2 Å². The van der Waals surface area contributed by atoms with Crippen molar-refractivity contribution in [2.24, 2.45) is 0 Å². The van der Waals surface area contributed by atoms with Crippen LogP contribution < -0.4 is 14.4 Å². The molecule has 2 aromatic rings. The molecule has 2 rings (SSSR count). The quantitative estimate of drug-likeness (QED) is 0.727. The molecule has 0 saturated heterocycles. The number of para-hydroxylation sites is 1. The van der Waals surface area contributed by atoms with Crippen LogP contribution in [0.25, 0.3) is 0 Å². The first kappa shape index (κ1) is 21.8. The third kappa shape index (κ3) is 4.84. The predicted molar refractivity (Wildman–Crippen MR) is 114 cm³/mol. The summed E-state index contributed by atoms with van der Waals surface area (Å²) in [4.78, 5) is 13.1. The zero-order chi connectivity index (χ0) is 20.9. The minimum Gasteiger partial charge on any atom is -0.497 e. The van der Waals surface area contributed by atoms with E-state index in [1.807, 2.05) is 32.0 Å². The van der Waals surface area contributed by atoms with Crippen molar-refractivity contribution in [2.45, 2.75) is 39.7 Å². The molecule has 152 valence electrons. The molecule has 0 bridgehead atoms. The van der Waals surface area contributed by atoms with Gasteiger partial charge < -0.3 is 10.1 Å². The molecule has 0 aromatic heterocycles. The van der Waals surface area contributed by atoms with E-state index in [0.717, 1.165) is 29.5 Å². The number of rotatable bonds is 8. The lowest BCUT2D eigenvalue weighted by Crippen LogP contribution is -2.47. The highest BCUT2D eigenvalue weighted by atomic mass is 32.2. The monoisotopic (exact) mass is 404 g/mol. The first-order valence-electron chi connectivity index (χ1n) is 9.25. The molecular weight excluding hydrogens is 376 g/mol. The normalized spacial score (nSPS) is 12.3. The smallest absolute Gasteiger partial charge is 0.248 e. The maximum absolute atomic E-state index is 13.1. The number of hydrogen-bond donors (Lipinski definition) is 1. The van der Waals surface area contributed by atoms with Gasteiger partial charge in [-0.15, -0.1) is 0 Å². The zero-order valence-electron chi connectivity index (χ0n) is 17.0. The molecule has 0 aliphatic carbocycles. The number of methoxy groups -OCH3 is 1. The Morgan fingerprint density at radius 3 is 2.29 bits per heavy atom. The van der Waals surface area contributed by atoms with Crippen molar-refractivity contribution in [2.75, 3.05) is 23.0 Å². The highest BCUT2D eigenvalue weighted by Gasteiger charge is 2.32. The van der Waals surface area contributed by atoms with Gasteiger partial charge in [-0.1, -0.05) is 32.0 Å². The van der Waals surface area contributed by atoms with Crippen LogP contribution in [0.15, 0.2) is 42.5 Å². The van der Waals surface area contributed by atoms with Gasteiger partial charge in [-0.2, -0.15) is 0 Å². The summed E-state index contributed by atoms with van der Waals surface area (Å²) in [5.74, 6) is 0.259. The maximum Gasteiger partial charge on any atom is 0.248 e. The Morgan fingerprint density at radius 1 is 1.14 bits per heavy atom. The molecule has 2 aromatic carbocycles. The van der Waals surface area contributed by atoms with E-state index in [1.54, 1.807) is 38.3 Å². The number of benzene rings is 2. The summed E-state index contributed by atoms with van der Waals surface area (Å²) >= 11 is 0. The fraction of sp³-hybridized carbons (Fsp3) is 0.381. The number of nitrogens with zero attached hydrogens (tertiary/aromatic N) is 1. The Bertz CT molecular complexity index is 924. The van der Waals surface area contributed by atoms with Gasteiger partial charge in [0, 0.05) is 5.69 Å². The lowest BCUT2D eigenvalue weighted by Gasteiger charge is -2.30. The standard InChI is InChI=1S/C21H28N2O4S/c1-6-16-10-8-9-15(3)20(16)22-21(24)19(7-2)23(28(5,25)26)17-11-13-18(27-4)14-12-17/h8-14,19H,6-7H2,1-5H3,(H,22,24). The average molecular weight is 405 g/mol. The molecule has 0 spiro atoms. The second-order valence-electron chi connectivity index (χ2n) is 6.63. The van der Waals surface area contributed by atoms with Gasteiger partial charge in [-0.25, -0.2) is 8.42 Å². The summed E-state index contributed by atoms with van der Waals surface area (Å²) in [6, 6.07) is 11.6. The topological polar surface area (TPSA) is 75.7 Å². The van der Waals surface area contributed by atoms with Crippen LogP contribution >= 0.6 is 0 Å². The number of amides is 1. The van der Waals surface area contributed by atoms with Crippen LogP contribution in [0.1, 0.15) is 31.4 Å². The van der Waals surface area contributed by atoms with Gasteiger partial charge in [0.15, 0.2) is 0 Å². The van der Waals surface area contributed by atoms with Crippen molar-refractivity contribution in [1.29, 1.82) is 0 Å². The van der Waals surface area contributed by atoms with Crippen LogP contribution in [-0.4, -0.2) is 33.7 Å². The Balaban J connectivity index is 2.42. The second-order valence-corrected chi connectivity index (χ2v) is 8.49. The van der Waals surface area contributed by atoms with Crippen LogP contribution in [0.4, 0.5) is 11.4 Å². The Hall–Kier alpha value is -2.54. The molecule has 6 nitrogen and oxygen atoms in total. The molecule has 1 unspecified atom stereocenters. The second kappa shape index (κ2) is 9.10. The molecule has 0 saturated carbocycles. The first-order chi connectivity index (χ1) is 13.2. The van der Waals surface area contributed by atoms with Gasteiger partial charge in [-0.05, 0) is 55.2 Å². The lowest BCUT2D eigenvalue weighted by molar-refractivity contribution is -0.117. The van der Waals surface area contributed by atoms with E-state index in [2.05, 4.69) is 5.32 Å². The summed E-state index contributed by atoms with van der Waals surface area (Å²) in [5.41, 5.74) is 3.12. The van der Waals surface area contributed by atoms with Crippen molar-refractivity contribution in [3.05, 3.63) is 53.6 Å². The number of aryl methyl sites for hydroxylation is 2. The molecule has 1 amide bonds. The third-order valence-corrected chi connectivity index (χ3v) is 5.82. The molecule has 7 heteroatoms. The van der Waals surface area contributed by atoms with E-state index in [0.29, 0.717) is 17.9 Å². The van der Waals surface area contributed by atoms with Crippen LogP contribution in [0, 0.1) is 6.92 Å². The van der Waals surface area contributed by atoms with E-state index < -0.39 is 16.1 Å². The molecule has 0 aliphatic heterocycles. The Morgan fingerprint density at radius 2 is 1.79 bits per heavy atom. The number of anilines is 2. The molecule has 0 heterocycles. The van der Waals surface area contributed by atoms with Crippen molar-refractivity contribution >= 4 is 27.3 Å². The highest BCUT2D eigenvalue weighted by molar-refractivity contribution is 7.92. The molecule has 0 fully saturated rings. The van der Waals surface area contributed by atoms with Crippen LogP contribution in [0.5, 0.6) is 5.75 Å². The average Bonchev–Trinajstić information content (AvgIpc) is 2.66. The number of carbonyl (C=O) groups is 1. The minimum atomic E-state index is -3.68. The summed E-state index contributed by atoms with van der Waals surface area (Å²) in [5, 5.41) is 2.96. The van der Waals surface area contributed by atoms with Gasteiger partial charge in [0.2, 0.25) is 15.9 Å². The number of nitrogens with one attached hydrogen (secondary N) is 1. The van der Waals surface area contributed by atoms with E-state index in [4.69, 9.17) is 4.74 Å². The SMILES string of the molecule is CCc1cccc(C)c1NC(=O)C(CC)N(c1ccc(OC)cc1)S(C)(=O)=O. The van der Waals surface area contributed by atoms with E-state index in [-0.39, 0.29) is 5.91 Å². The number of hydrogen-bond acceptors (Lipinski definition) is 4. The summed E-state index contributed by atoms with van der Waals surface area (Å²) in [6.07, 6.45) is 2.21.